The van der Waals surface area contributed by atoms with Crippen molar-refractivity contribution in [2.45, 2.75) is 39.3 Å². The second-order valence-corrected chi connectivity index (χ2v) is 4.70. The monoisotopic (exact) mass is 199 g/mol. The SMILES string of the molecule is CC1CNCC(C)(C(C)C)N1C(N)=O. The summed E-state index contributed by atoms with van der Waals surface area (Å²) in [6, 6.07) is -0.135. The summed E-state index contributed by atoms with van der Waals surface area (Å²) in [5, 5.41) is 3.34. The molecule has 1 aliphatic rings. The first kappa shape index (κ1) is 11.3. The Balaban J connectivity index is 2.95. The molecule has 3 N–H and O–H groups in total. The molecular weight excluding hydrogens is 178 g/mol. The van der Waals surface area contributed by atoms with Crippen molar-refractivity contribution >= 4 is 6.03 Å². The van der Waals surface area contributed by atoms with Crippen LogP contribution in [0.1, 0.15) is 27.7 Å². The van der Waals surface area contributed by atoms with Crippen molar-refractivity contribution in [1.29, 1.82) is 0 Å². The van der Waals surface area contributed by atoms with Crippen LogP contribution in [0.3, 0.4) is 0 Å². The third-order valence-electron chi connectivity index (χ3n) is 3.39. The average molecular weight is 199 g/mol. The van der Waals surface area contributed by atoms with Crippen LogP contribution in [-0.4, -0.2) is 35.6 Å². The Bertz CT molecular complexity index is 229. The van der Waals surface area contributed by atoms with E-state index in [9.17, 15) is 4.79 Å². The van der Waals surface area contributed by atoms with Crippen molar-refractivity contribution in [2.75, 3.05) is 13.1 Å². The number of amides is 2. The minimum absolute atomic E-state index is 0.163. The maximum Gasteiger partial charge on any atom is 0.315 e. The molecule has 82 valence electrons. The molecule has 1 fully saturated rings. The Morgan fingerprint density at radius 3 is 2.57 bits per heavy atom. The van der Waals surface area contributed by atoms with Gasteiger partial charge in [0.25, 0.3) is 0 Å². The molecule has 2 unspecified atom stereocenters. The van der Waals surface area contributed by atoms with Gasteiger partial charge in [-0.25, -0.2) is 4.79 Å². The van der Waals surface area contributed by atoms with Crippen LogP contribution in [0.15, 0.2) is 0 Å². The largest absolute Gasteiger partial charge is 0.351 e. The molecular formula is C10H21N3O. The van der Waals surface area contributed by atoms with Gasteiger partial charge in [0.05, 0.1) is 5.54 Å². The number of primary amides is 1. The predicted octanol–water partition coefficient (Wildman–Crippen LogP) is 0.773. The summed E-state index contributed by atoms with van der Waals surface area (Å²) in [6.07, 6.45) is 0. The first-order valence-corrected chi connectivity index (χ1v) is 5.19. The lowest BCUT2D eigenvalue weighted by molar-refractivity contribution is 0.0378. The normalized spacial score (nSPS) is 33.5. The molecule has 4 nitrogen and oxygen atoms in total. The first-order chi connectivity index (χ1) is 6.39. The number of carbonyl (C=O) groups is 1. The molecule has 0 radical (unpaired) electrons. The van der Waals surface area contributed by atoms with E-state index in [0.717, 1.165) is 13.1 Å². The van der Waals surface area contributed by atoms with E-state index < -0.39 is 0 Å². The zero-order chi connectivity index (χ0) is 10.9. The van der Waals surface area contributed by atoms with Crippen LogP contribution in [0.5, 0.6) is 0 Å². The summed E-state index contributed by atoms with van der Waals surface area (Å²) in [5.74, 6) is 0.394. The molecule has 0 bridgehead atoms. The lowest BCUT2D eigenvalue weighted by Crippen LogP contribution is -2.68. The molecule has 14 heavy (non-hydrogen) atoms. The van der Waals surface area contributed by atoms with Crippen molar-refractivity contribution in [3.63, 3.8) is 0 Å². The number of urea groups is 1. The van der Waals surface area contributed by atoms with Gasteiger partial charge in [0, 0.05) is 19.1 Å². The summed E-state index contributed by atoms with van der Waals surface area (Å²) in [4.78, 5) is 13.2. The number of piperazine rings is 1. The maximum absolute atomic E-state index is 11.4. The molecule has 2 amide bonds. The fourth-order valence-electron chi connectivity index (χ4n) is 2.17. The smallest absolute Gasteiger partial charge is 0.315 e. The fourth-order valence-corrected chi connectivity index (χ4v) is 2.17. The topological polar surface area (TPSA) is 58.4 Å². The first-order valence-electron chi connectivity index (χ1n) is 5.19. The van der Waals surface area contributed by atoms with Gasteiger partial charge in [-0.2, -0.15) is 0 Å². The van der Waals surface area contributed by atoms with Crippen molar-refractivity contribution in [1.82, 2.24) is 10.2 Å². The van der Waals surface area contributed by atoms with Crippen LogP contribution >= 0.6 is 0 Å². The molecule has 0 aliphatic carbocycles. The molecule has 1 aliphatic heterocycles. The van der Waals surface area contributed by atoms with Crippen molar-refractivity contribution < 1.29 is 4.79 Å². The second-order valence-electron chi connectivity index (χ2n) is 4.70. The highest BCUT2D eigenvalue weighted by Crippen LogP contribution is 2.28. The van der Waals surface area contributed by atoms with Crippen molar-refractivity contribution in [2.24, 2.45) is 11.7 Å². The number of hydrogen-bond acceptors (Lipinski definition) is 2. The third kappa shape index (κ3) is 1.71. The lowest BCUT2D eigenvalue weighted by atomic mass is 9.83. The minimum Gasteiger partial charge on any atom is -0.351 e. The molecule has 1 heterocycles. The molecule has 1 saturated heterocycles. The Kier molecular flexibility index (Phi) is 3.04. The van der Waals surface area contributed by atoms with Crippen LogP contribution in [0.2, 0.25) is 0 Å². The van der Waals surface area contributed by atoms with E-state index in [1.807, 2.05) is 11.8 Å². The molecule has 2 atom stereocenters. The molecule has 0 aromatic rings. The standard InChI is InChI=1S/C10H21N3O/c1-7(2)10(4)6-12-5-8(3)13(10)9(11)14/h7-8,12H,5-6H2,1-4H3,(H2,11,14). The van der Waals surface area contributed by atoms with Crippen molar-refractivity contribution in [3.05, 3.63) is 0 Å². The number of rotatable bonds is 1. The summed E-state index contributed by atoms with van der Waals surface area (Å²) < 4.78 is 0. The Labute approximate surface area is 85.8 Å². The molecule has 0 saturated carbocycles. The summed E-state index contributed by atoms with van der Waals surface area (Å²) in [7, 11) is 0. The highest BCUT2D eigenvalue weighted by atomic mass is 16.2. The van der Waals surface area contributed by atoms with Crippen molar-refractivity contribution in [3.8, 4) is 0 Å². The molecule has 1 rings (SSSR count). The number of nitrogens with two attached hydrogens (primary N) is 1. The Hall–Kier alpha value is -0.770. The lowest BCUT2D eigenvalue weighted by Gasteiger charge is -2.50. The zero-order valence-corrected chi connectivity index (χ0v) is 9.50. The van der Waals surface area contributed by atoms with Gasteiger partial charge in [-0.1, -0.05) is 13.8 Å². The number of nitrogens with one attached hydrogen (secondary N) is 1. The fraction of sp³-hybridized carbons (Fsp3) is 0.900. The van der Waals surface area contributed by atoms with Crippen LogP contribution in [0.4, 0.5) is 4.79 Å². The van der Waals surface area contributed by atoms with Crippen LogP contribution < -0.4 is 11.1 Å². The molecule has 0 spiro atoms. The van der Waals surface area contributed by atoms with Gasteiger partial charge in [0.2, 0.25) is 0 Å². The third-order valence-corrected chi connectivity index (χ3v) is 3.39. The van der Waals surface area contributed by atoms with Gasteiger partial charge in [0.1, 0.15) is 0 Å². The van der Waals surface area contributed by atoms with E-state index in [4.69, 9.17) is 5.73 Å². The molecule has 0 aromatic carbocycles. The summed E-state index contributed by atoms with van der Waals surface area (Å²) >= 11 is 0. The van der Waals surface area contributed by atoms with Gasteiger partial charge >= 0.3 is 6.03 Å². The highest BCUT2D eigenvalue weighted by molar-refractivity contribution is 5.73. The Morgan fingerprint density at radius 2 is 2.21 bits per heavy atom. The van der Waals surface area contributed by atoms with E-state index in [2.05, 4.69) is 26.1 Å². The van der Waals surface area contributed by atoms with Crippen LogP contribution in [0, 0.1) is 5.92 Å². The summed E-state index contributed by atoms with van der Waals surface area (Å²) in [6.45, 7) is 10.00. The molecule has 4 heteroatoms. The second kappa shape index (κ2) is 3.77. The minimum atomic E-state index is -0.310. The zero-order valence-electron chi connectivity index (χ0n) is 9.50. The highest BCUT2D eigenvalue weighted by Gasteiger charge is 2.42. The maximum atomic E-state index is 11.4. The number of nitrogens with zero attached hydrogens (tertiary/aromatic N) is 1. The number of carbonyl (C=O) groups excluding carboxylic acids is 1. The van der Waals surface area contributed by atoms with E-state index in [0.29, 0.717) is 5.92 Å². The Morgan fingerprint density at radius 1 is 1.64 bits per heavy atom. The molecule has 0 aromatic heterocycles. The van der Waals surface area contributed by atoms with Gasteiger partial charge < -0.3 is 16.0 Å². The average Bonchev–Trinajstić information content (AvgIpc) is 2.02. The van der Waals surface area contributed by atoms with E-state index in [1.54, 1.807) is 0 Å². The quantitative estimate of drug-likeness (QED) is 0.655. The van der Waals surface area contributed by atoms with E-state index in [1.165, 1.54) is 0 Å². The van der Waals surface area contributed by atoms with Gasteiger partial charge in [-0.05, 0) is 19.8 Å². The van der Waals surface area contributed by atoms with Crippen LogP contribution in [-0.2, 0) is 0 Å². The van der Waals surface area contributed by atoms with E-state index in [-0.39, 0.29) is 17.6 Å². The predicted molar refractivity (Wildman–Crippen MR) is 57.0 cm³/mol. The number of hydrogen-bond donors (Lipinski definition) is 2. The van der Waals surface area contributed by atoms with Crippen LogP contribution in [0.25, 0.3) is 0 Å². The van der Waals surface area contributed by atoms with Gasteiger partial charge in [-0.15, -0.1) is 0 Å². The van der Waals surface area contributed by atoms with Gasteiger partial charge in [-0.3, -0.25) is 0 Å². The van der Waals surface area contributed by atoms with Gasteiger partial charge in [0.15, 0.2) is 0 Å². The summed E-state index contributed by atoms with van der Waals surface area (Å²) in [5.41, 5.74) is 5.27. The van der Waals surface area contributed by atoms with E-state index >= 15 is 0 Å².